The van der Waals surface area contributed by atoms with Gasteiger partial charge >= 0.3 is 0 Å². The fraction of sp³-hybridized carbons (Fsp3) is 1.00. The number of nitrogens with two attached hydrogens (primary N) is 1. The van der Waals surface area contributed by atoms with Crippen molar-refractivity contribution in [1.29, 1.82) is 0 Å². The molecule has 122 valence electrons. The summed E-state index contributed by atoms with van der Waals surface area (Å²) >= 11 is 0.898. The summed E-state index contributed by atoms with van der Waals surface area (Å²) in [7, 11) is 1.58. The Bertz CT molecular complexity index is 270. The molecule has 20 heavy (non-hydrogen) atoms. The molecular weight excluding hydrogens is 278 g/mol. The average molecular weight is 309 g/mol. The zero-order chi connectivity index (χ0) is 15.9. The molecule has 0 heterocycles. The van der Waals surface area contributed by atoms with Gasteiger partial charge in [0.2, 0.25) is 0 Å². The van der Waals surface area contributed by atoms with Crippen LogP contribution in [-0.4, -0.2) is 42.2 Å². The smallest absolute Gasteiger partial charge is 0.0879 e. The van der Waals surface area contributed by atoms with Crippen LogP contribution in [-0.2, 0) is 13.7 Å². The van der Waals surface area contributed by atoms with E-state index >= 15 is 0 Å². The van der Waals surface area contributed by atoms with E-state index < -0.39 is 11.2 Å². The second-order valence-corrected chi connectivity index (χ2v) is 7.12. The Kier molecular flexibility index (Phi) is 8.62. The molecule has 1 atom stereocenters. The van der Waals surface area contributed by atoms with Gasteiger partial charge in [-0.1, -0.05) is 0 Å². The molecule has 0 aromatic heterocycles. The Labute approximate surface area is 127 Å². The normalized spacial score (nSPS) is 16.2. The van der Waals surface area contributed by atoms with Crippen molar-refractivity contribution in [1.82, 2.24) is 0 Å². The Morgan fingerprint density at radius 3 is 2.20 bits per heavy atom. The molecule has 0 bridgehead atoms. The van der Waals surface area contributed by atoms with Crippen LogP contribution in [0.4, 0.5) is 0 Å². The maximum absolute atomic E-state index is 10.2. The predicted molar refractivity (Wildman–Crippen MR) is 83.3 cm³/mol. The third-order valence-electron chi connectivity index (χ3n) is 2.95. The van der Waals surface area contributed by atoms with E-state index in [1.54, 1.807) is 14.0 Å². The Morgan fingerprint density at radius 1 is 1.10 bits per heavy atom. The van der Waals surface area contributed by atoms with Gasteiger partial charge in [-0.3, -0.25) is 9.32 Å². The highest BCUT2D eigenvalue weighted by Gasteiger charge is 2.31. The molecule has 0 fully saturated rings. The molecule has 3 N–H and O–H groups in total. The van der Waals surface area contributed by atoms with Crippen molar-refractivity contribution in [3.05, 3.63) is 0 Å². The van der Waals surface area contributed by atoms with E-state index in [2.05, 4.69) is 0 Å². The summed E-state index contributed by atoms with van der Waals surface area (Å²) in [6.45, 7) is 10.6. The zero-order valence-electron chi connectivity index (χ0n) is 13.7. The second-order valence-electron chi connectivity index (χ2n) is 6.76. The lowest BCUT2D eigenvalue weighted by molar-refractivity contribution is -0.102. The molecule has 0 saturated carbocycles. The van der Waals surface area contributed by atoms with Gasteiger partial charge in [-0.15, -0.1) is 0 Å². The van der Waals surface area contributed by atoms with Gasteiger partial charge in [-0.05, 0) is 47.5 Å². The van der Waals surface area contributed by atoms with Gasteiger partial charge in [0, 0.05) is 20.1 Å². The Morgan fingerprint density at radius 2 is 1.70 bits per heavy atom. The Balaban J connectivity index is 4.05. The summed E-state index contributed by atoms with van der Waals surface area (Å²) in [5, 5.41) is 15.5. The number of aliphatic hydroxyl groups is 1. The summed E-state index contributed by atoms with van der Waals surface area (Å²) in [5.74, 6) is 0. The van der Waals surface area contributed by atoms with Crippen LogP contribution in [0.25, 0.3) is 0 Å². The van der Waals surface area contributed by atoms with Crippen LogP contribution < -0.4 is 5.14 Å². The van der Waals surface area contributed by atoms with Crippen LogP contribution in [0, 0.1) is 0 Å². The van der Waals surface area contributed by atoms with E-state index in [0.29, 0.717) is 19.6 Å². The van der Waals surface area contributed by atoms with Crippen LogP contribution in [0.3, 0.4) is 0 Å². The molecule has 1 unspecified atom stereocenters. The first kappa shape index (κ1) is 20.1. The molecule has 6 heteroatoms. The van der Waals surface area contributed by atoms with Crippen LogP contribution in [0.2, 0.25) is 0 Å². The highest BCUT2D eigenvalue weighted by molar-refractivity contribution is 7.92. The van der Waals surface area contributed by atoms with E-state index in [-0.39, 0.29) is 5.60 Å². The molecule has 0 aliphatic carbocycles. The molecule has 0 spiro atoms. The summed E-state index contributed by atoms with van der Waals surface area (Å²) in [6, 6.07) is 0. The molecule has 0 aromatic rings. The van der Waals surface area contributed by atoms with Gasteiger partial charge < -0.3 is 14.6 Å². The second kappa shape index (κ2) is 8.56. The molecule has 0 rings (SSSR count). The molecule has 0 saturated heterocycles. The fourth-order valence-electron chi connectivity index (χ4n) is 2.35. The lowest BCUT2D eigenvalue weighted by Crippen LogP contribution is -2.40. The molecule has 0 amide bonds. The summed E-state index contributed by atoms with van der Waals surface area (Å²) in [6.07, 6.45) is 2.26. The van der Waals surface area contributed by atoms with Crippen molar-refractivity contribution in [2.75, 3.05) is 20.3 Å². The van der Waals surface area contributed by atoms with E-state index in [1.807, 2.05) is 27.7 Å². The minimum atomic E-state index is -0.878. The summed E-state index contributed by atoms with van der Waals surface area (Å²) < 4.78 is 16.2. The van der Waals surface area contributed by atoms with Gasteiger partial charge in [-0.25, -0.2) is 0 Å². The van der Waals surface area contributed by atoms with Gasteiger partial charge in [0.05, 0.1) is 35.6 Å². The van der Waals surface area contributed by atoms with E-state index in [0.717, 1.165) is 25.1 Å². The summed E-state index contributed by atoms with van der Waals surface area (Å²) in [4.78, 5) is 0. The lowest BCUT2D eigenvalue weighted by Gasteiger charge is -2.33. The predicted octanol–water partition coefficient (Wildman–Crippen LogP) is 2.67. The Hall–Kier alpha value is 0.150. The third-order valence-corrected chi connectivity index (χ3v) is 3.50. The lowest BCUT2D eigenvalue weighted by atomic mass is 9.91. The minimum absolute atomic E-state index is 0.255. The van der Waals surface area contributed by atoms with Crippen molar-refractivity contribution in [2.24, 2.45) is 5.14 Å². The number of methoxy groups -OCH3 is 1. The molecule has 5 nitrogen and oxygen atoms in total. The van der Waals surface area contributed by atoms with Crippen LogP contribution in [0.1, 0.15) is 53.9 Å². The highest BCUT2D eigenvalue weighted by atomic mass is 32.2. The van der Waals surface area contributed by atoms with Crippen molar-refractivity contribution >= 4 is 12.2 Å². The van der Waals surface area contributed by atoms with E-state index in [4.69, 9.17) is 18.8 Å². The SMILES string of the molecule is COCC(C)(O)CC(C)(C)OCCCC(C)(C)OSN. The van der Waals surface area contributed by atoms with Crippen molar-refractivity contribution in [3.63, 3.8) is 0 Å². The topological polar surface area (TPSA) is 73.9 Å². The zero-order valence-corrected chi connectivity index (χ0v) is 14.5. The number of hydrogen-bond acceptors (Lipinski definition) is 6. The van der Waals surface area contributed by atoms with Gasteiger partial charge in [0.25, 0.3) is 0 Å². The number of hydrogen-bond donors (Lipinski definition) is 2. The molecule has 0 radical (unpaired) electrons. The van der Waals surface area contributed by atoms with Crippen molar-refractivity contribution < 1.29 is 18.8 Å². The molecular formula is C14H31NO4S. The summed E-state index contributed by atoms with van der Waals surface area (Å²) in [5.41, 5.74) is -1.53. The highest BCUT2D eigenvalue weighted by Crippen LogP contribution is 2.25. The average Bonchev–Trinajstić information content (AvgIpc) is 2.22. The van der Waals surface area contributed by atoms with Crippen LogP contribution >= 0.6 is 12.2 Å². The molecule has 0 aliphatic heterocycles. The third kappa shape index (κ3) is 9.96. The molecule has 0 aliphatic rings. The quantitative estimate of drug-likeness (QED) is 0.347. The maximum Gasteiger partial charge on any atom is 0.0879 e. The van der Waals surface area contributed by atoms with Crippen molar-refractivity contribution in [2.45, 2.75) is 70.7 Å². The van der Waals surface area contributed by atoms with Crippen LogP contribution in [0.5, 0.6) is 0 Å². The van der Waals surface area contributed by atoms with Crippen LogP contribution in [0.15, 0.2) is 0 Å². The first-order valence-electron chi connectivity index (χ1n) is 6.93. The maximum atomic E-state index is 10.2. The largest absolute Gasteiger partial charge is 0.388 e. The van der Waals surface area contributed by atoms with Crippen molar-refractivity contribution in [3.8, 4) is 0 Å². The standard InChI is InChI=1S/C14H31NO4S/c1-12(2,19-20-15)8-7-9-18-13(3,4)10-14(5,16)11-17-6/h16H,7-11,15H2,1-6H3. The van der Waals surface area contributed by atoms with Gasteiger partial charge in [0.1, 0.15) is 0 Å². The fourth-order valence-corrected chi connectivity index (χ4v) is 2.69. The van der Waals surface area contributed by atoms with Gasteiger partial charge in [0.15, 0.2) is 0 Å². The minimum Gasteiger partial charge on any atom is -0.388 e. The molecule has 0 aromatic carbocycles. The monoisotopic (exact) mass is 309 g/mol. The number of rotatable bonds is 11. The first-order chi connectivity index (χ1) is 9.04. The van der Waals surface area contributed by atoms with E-state index in [1.165, 1.54) is 0 Å². The first-order valence-corrected chi connectivity index (χ1v) is 7.74. The number of ether oxygens (including phenoxy) is 2. The van der Waals surface area contributed by atoms with E-state index in [9.17, 15) is 5.11 Å². The van der Waals surface area contributed by atoms with Gasteiger partial charge in [-0.2, -0.15) is 0 Å².